The van der Waals surface area contributed by atoms with Crippen molar-refractivity contribution in [1.82, 2.24) is 9.97 Å². The summed E-state index contributed by atoms with van der Waals surface area (Å²) in [6.45, 7) is 5.69. The lowest BCUT2D eigenvalue weighted by molar-refractivity contribution is -0.122. The molecule has 5 heteroatoms. The summed E-state index contributed by atoms with van der Waals surface area (Å²) in [4.78, 5) is 21.8. The number of hydrogen-bond donors (Lipinski definition) is 1. The third kappa shape index (κ3) is 2.38. The second kappa shape index (κ2) is 4.69. The van der Waals surface area contributed by atoms with Gasteiger partial charge in [-0.2, -0.15) is 0 Å². The van der Waals surface area contributed by atoms with Crippen LogP contribution in [0.2, 0.25) is 0 Å². The summed E-state index contributed by atoms with van der Waals surface area (Å²) >= 11 is 0. The molecule has 0 saturated carbocycles. The summed E-state index contributed by atoms with van der Waals surface area (Å²) in [6, 6.07) is 0. The third-order valence-electron chi connectivity index (χ3n) is 3.51. The van der Waals surface area contributed by atoms with Crippen LogP contribution in [0.1, 0.15) is 24.1 Å². The molecule has 1 aromatic heterocycles. The van der Waals surface area contributed by atoms with Crippen molar-refractivity contribution in [3.05, 3.63) is 17.6 Å². The van der Waals surface area contributed by atoms with Crippen molar-refractivity contribution in [2.45, 2.75) is 26.7 Å². The quantitative estimate of drug-likeness (QED) is 0.821. The Morgan fingerprint density at radius 2 is 2.00 bits per heavy atom. The molecular weight excluding hydrogens is 216 g/mol. The fraction of sp³-hybridized carbons (Fsp3) is 0.583. The Bertz CT molecular complexity index is 425. The third-order valence-corrected chi connectivity index (χ3v) is 3.51. The van der Waals surface area contributed by atoms with Crippen LogP contribution >= 0.6 is 0 Å². The lowest BCUT2D eigenvalue weighted by Gasteiger charge is -2.32. The van der Waals surface area contributed by atoms with Crippen molar-refractivity contribution < 1.29 is 4.79 Å². The highest BCUT2D eigenvalue weighted by molar-refractivity contribution is 5.77. The lowest BCUT2D eigenvalue weighted by atomic mass is 9.96. The molecule has 1 aromatic rings. The van der Waals surface area contributed by atoms with Gasteiger partial charge in [0.25, 0.3) is 0 Å². The van der Waals surface area contributed by atoms with Gasteiger partial charge in [-0.15, -0.1) is 0 Å². The number of aryl methyl sites for hydroxylation is 1. The van der Waals surface area contributed by atoms with E-state index in [1.54, 1.807) is 6.33 Å². The predicted octanol–water partition coefficient (Wildman–Crippen LogP) is 0.795. The van der Waals surface area contributed by atoms with Gasteiger partial charge in [-0.1, -0.05) is 0 Å². The Labute approximate surface area is 101 Å². The molecule has 1 amide bonds. The highest BCUT2D eigenvalue weighted by Gasteiger charge is 2.24. The van der Waals surface area contributed by atoms with Gasteiger partial charge in [-0.05, 0) is 26.7 Å². The van der Waals surface area contributed by atoms with Gasteiger partial charge in [-0.25, -0.2) is 9.97 Å². The van der Waals surface area contributed by atoms with Crippen LogP contribution in [0.3, 0.4) is 0 Å². The Morgan fingerprint density at radius 3 is 2.59 bits per heavy atom. The van der Waals surface area contributed by atoms with Gasteiger partial charge in [-0.3, -0.25) is 4.79 Å². The maximum Gasteiger partial charge on any atom is 0.220 e. The molecule has 5 nitrogen and oxygen atoms in total. The maximum absolute atomic E-state index is 11.1. The van der Waals surface area contributed by atoms with Crippen molar-refractivity contribution in [3.8, 4) is 0 Å². The summed E-state index contributed by atoms with van der Waals surface area (Å²) in [6.07, 6.45) is 3.23. The van der Waals surface area contributed by atoms with Crippen LogP contribution in [0.4, 0.5) is 5.82 Å². The highest BCUT2D eigenvalue weighted by atomic mass is 16.1. The van der Waals surface area contributed by atoms with Crippen LogP contribution in [0, 0.1) is 19.8 Å². The molecule has 1 aliphatic rings. The molecule has 0 radical (unpaired) electrons. The first-order chi connectivity index (χ1) is 8.09. The van der Waals surface area contributed by atoms with Gasteiger partial charge >= 0.3 is 0 Å². The second-order valence-corrected chi connectivity index (χ2v) is 4.57. The van der Waals surface area contributed by atoms with Crippen LogP contribution < -0.4 is 10.6 Å². The molecule has 0 unspecified atom stereocenters. The first kappa shape index (κ1) is 11.8. The van der Waals surface area contributed by atoms with Gasteiger partial charge in [0.05, 0.1) is 0 Å². The summed E-state index contributed by atoms with van der Waals surface area (Å²) in [7, 11) is 0. The standard InChI is InChI=1S/C12H18N4O/c1-8-9(2)14-7-15-12(8)16-5-3-10(4-6-16)11(13)17/h7,10H,3-6H2,1-2H3,(H2,13,17). The summed E-state index contributed by atoms with van der Waals surface area (Å²) in [5, 5.41) is 0. The summed E-state index contributed by atoms with van der Waals surface area (Å²) in [5.74, 6) is 0.829. The van der Waals surface area contributed by atoms with E-state index in [-0.39, 0.29) is 11.8 Å². The van der Waals surface area contributed by atoms with Gasteiger partial charge in [0.15, 0.2) is 0 Å². The number of amides is 1. The van der Waals surface area contributed by atoms with Crippen molar-refractivity contribution >= 4 is 11.7 Å². The van der Waals surface area contributed by atoms with Crippen LogP contribution in [-0.4, -0.2) is 29.0 Å². The van der Waals surface area contributed by atoms with Crippen molar-refractivity contribution in [2.24, 2.45) is 11.7 Å². The van der Waals surface area contributed by atoms with Crippen LogP contribution in [0.5, 0.6) is 0 Å². The van der Waals surface area contributed by atoms with E-state index in [0.717, 1.165) is 43.0 Å². The minimum absolute atomic E-state index is 0.0227. The smallest absolute Gasteiger partial charge is 0.220 e. The molecule has 0 bridgehead atoms. The number of carbonyl (C=O) groups excluding carboxylic acids is 1. The number of nitrogens with zero attached hydrogens (tertiary/aromatic N) is 3. The van der Waals surface area contributed by atoms with Gasteiger partial charge < -0.3 is 10.6 Å². The van der Waals surface area contributed by atoms with E-state index in [1.165, 1.54) is 0 Å². The predicted molar refractivity (Wildman–Crippen MR) is 65.6 cm³/mol. The number of carbonyl (C=O) groups is 1. The van der Waals surface area contributed by atoms with Crippen LogP contribution in [0.25, 0.3) is 0 Å². The normalized spacial score (nSPS) is 17.2. The summed E-state index contributed by atoms with van der Waals surface area (Å²) in [5.41, 5.74) is 7.44. The Morgan fingerprint density at radius 1 is 1.35 bits per heavy atom. The number of piperidine rings is 1. The Balaban J connectivity index is 2.10. The SMILES string of the molecule is Cc1ncnc(N2CCC(C(N)=O)CC2)c1C. The molecule has 2 rings (SSSR count). The largest absolute Gasteiger partial charge is 0.369 e. The van der Waals surface area contributed by atoms with E-state index >= 15 is 0 Å². The average molecular weight is 234 g/mol. The zero-order valence-corrected chi connectivity index (χ0v) is 10.3. The molecule has 0 aliphatic carbocycles. The van der Waals surface area contributed by atoms with Gasteiger partial charge in [0.1, 0.15) is 12.1 Å². The molecule has 92 valence electrons. The number of anilines is 1. The molecule has 1 saturated heterocycles. The molecule has 2 heterocycles. The van der Waals surface area contributed by atoms with Gasteiger partial charge in [0, 0.05) is 30.3 Å². The molecule has 0 aromatic carbocycles. The van der Waals surface area contributed by atoms with E-state index in [4.69, 9.17) is 5.73 Å². The van der Waals surface area contributed by atoms with E-state index in [2.05, 4.69) is 14.9 Å². The fourth-order valence-electron chi connectivity index (χ4n) is 2.22. The molecule has 0 spiro atoms. The molecular formula is C12H18N4O. The number of primary amides is 1. The number of rotatable bonds is 2. The zero-order chi connectivity index (χ0) is 12.4. The minimum atomic E-state index is -0.180. The number of nitrogens with two attached hydrogens (primary N) is 1. The van der Waals surface area contributed by atoms with E-state index in [1.807, 2.05) is 13.8 Å². The van der Waals surface area contributed by atoms with Crippen molar-refractivity contribution in [2.75, 3.05) is 18.0 Å². The van der Waals surface area contributed by atoms with Crippen molar-refractivity contribution in [1.29, 1.82) is 0 Å². The first-order valence-corrected chi connectivity index (χ1v) is 5.92. The van der Waals surface area contributed by atoms with E-state index in [9.17, 15) is 4.79 Å². The van der Waals surface area contributed by atoms with E-state index in [0.29, 0.717) is 0 Å². The maximum atomic E-state index is 11.1. The summed E-state index contributed by atoms with van der Waals surface area (Å²) < 4.78 is 0. The first-order valence-electron chi connectivity index (χ1n) is 5.92. The monoisotopic (exact) mass is 234 g/mol. The molecule has 1 aliphatic heterocycles. The number of aromatic nitrogens is 2. The van der Waals surface area contributed by atoms with Crippen molar-refractivity contribution in [3.63, 3.8) is 0 Å². The van der Waals surface area contributed by atoms with Gasteiger partial charge in [0.2, 0.25) is 5.91 Å². The minimum Gasteiger partial charge on any atom is -0.369 e. The fourth-order valence-corrected chi connectivity index (χ4v) is 2.22. The van der Waals surface area contributed by atoms with E-state index < -0.39 is 0 Å². The average Bonchev–Trinajstić information content (AvgIpc) is 2.33. The Hall–Kier alpha value is -1.65. The van der Waals surface area contributed by atoms with Crippen LogP contribution in [-0.2, 0) is 4.79 Å². The van der Waals surface area contributed by atoms with Crippen LogP contribution in [0.15, 0.2) is 6.33 Å². The Kier molecular flexibility index (Phi) is 3.26. The topological polar surface area (TPSA) is 72.1 Å². The zero-order valence-electron chi connectivity index (χ0n) is 10.3. The molecule has 2 N–H and O–H groups in total. The second-order valence-electron chi connectivity index (χ2n) is 4.57. The lowest BCUT2D eigenvalue weighted by Crippen LogP contribution is -2.39. The highest BCUT2D eigenvalue weighted by Crippen LogP contribution is 2.24. The molecule has 1 fully saturated rings. The number of hydrogen-bond acceptors (Lipinski definition) is 4. The molecule has 0 atom stereocenters. The molecule has 17 heavy (non-hydrogen) atoms.